The Balaban J connectivity index is 2.81. The highest BCUT2D eigenvalue weighted by Crippen LogP contribution is 2.04. The average molecular weight is 236 g/mol. The topological polar surface area (TPSA) is 70.5 Å². The van der Waals surface area contributed by atoms with Crippen LogP contribution in [0, 0.1) is 0 Å². The van der Waals surface area contributed by atoms with Gasteiger partial charge in [0.25, 0.3) is 5.91 Å². The number of unbranched alkanes of at least 4 members (excludes halogenated alkanes) is 1. The Kier molecular flexibility index (Phi) is 4.63. The van der Waals surface area contributed by atoms with Crippen molar-refractivity contribution in [2.75, 3.05) is 13.6 Å². The van der Waals surface area contributed by atoms with Crippen LogP contribution in [-0.4, -0.2) is 40.5 Å². The van der Waals surface area contributed by atoms with Crippen LogP contribution in [0.3, 0.4) is 0 Å². The first-order valence-electron chi connectivity index (χ1n) is 5.52. The number of carboxylic acids is 1. The number of hydrogen-bond donors (Lipinski definition) is 1. The number of carbonyl (C=O) groups is 2. The predicted molar refractivity (Wildman–Crippen MR) is 63.1 cm³/mol. The molecule has 0 radical (unpaired) electrons. The maximum atomic E-state index is 11.9. The lowest BCUT2D eigenvalue weighted by Crippen LogP contribution is -2.28. The van der Waals surface area contributed by atoms with Gasteiger partial charge < -0.3 is 10.0 Å². The second kappa shape index (κ2) is 5.98. The van der Waals surface area contributed by atoms with Crippen molar-refractivity contribution in [2.24, 2.45) is 0 Å². The van der Waals surface area contributed by atoms with Gasteiger partial charge in [0.15, 0.2) is 0 Å². The van der Waals surface area contributed by atoms with Crippen LogP contribution in [0.15, 0.2) is 18.2 Å². The van der Waals surface area contributed by atoms with Crippen molar-refractivity contribution in [3.63, 3.8) is 0 Å². The summed E-state index contributed by atoms with van der Waals surface area (Å²) in [5.74, 6) is -1.38. The Morgan fingerprint density at radius 2 is 2.00 bits per heavy atom. The molecule has 1 heterocycles. The first kappa shape index (κ1) is 13.2. The van der Waals surface area contributed by atoms with Crippen molar-refractivity contribution in [3.05, 3.63) is 29.6 Å². The van der Waals surface area contributed by atoms with Gasteiger partial charge in [0.2, 0.25) is 0 Å². The van der Waals surface area contributed by atoms with Gasteiger partial charge in [-0.3, -0.25) is 4.79 Å². The third kappa shape index (κ3) is 3.55. The molecule has 0 spiro atoms. The molecule has 0 aliphatic heterocycles. The monoisotopic (exact) mass is 236 g/mol. The third-order valence-electron chi connectivity index (χ3n) is 2.38. The van der Waals surface area contributed by atoms with Crippen LogP contribution in [0.2, 0.25) is 0 Å². The Bertz CT molecular complexity index is 418. The molecule has 1 N–H and O–H groups in total. The number of aromatic carboxylic acids is 1. The lowest BCUT2D eigenvalue weighted by Gasteiger charge is -2.16. The molecule has 0 fully saturated rings. The van der Waals surface area contributed by atoms with Crippen molar-refractivity contribution < 1.29 is 14.7 Å². The van der Waals surface area contributed by atoms with E-state index >= 15 is 0 Å². The van der Waals surface area contributed by atoms with E-state index in [1.165, 1.54) is 18.2 Å². The van der Waals surface area contributed by atoms with Crippen LogP contribution in [0.5, 0.6) is 0 Å². The Morgan fingerprint density at radius 3 is 2.59 bits per heavy atom. The summed E-state index contributed by atoms with van der Waals surface area (Å²) in [6.07, 6.45) is 1.92. The summed E-state index contributed by atoms with van der Waals surface area (Å²) in [7, 11) is 1.69. The van der Waals surface area contributed by atoms with Crippen LogP contribution >= 0.6 is 0 Å². The standard InChI is InChI=1S/C12H16N2O3/c1-3-4-8-14(2)11(15)9-6-5-7-10(13-9)12(16)17/h5-7H,3-4,8H2,1-2H3,(H,16,17). The van der Waals surface area contributed by atoms with Crippen molar-refractivity contribution in [3.8, 4) is 0 Å². The number of hydrogen-bond acceptors (Lipinski definition) is 3. The van der Waals surface area contributed by atoms with E-state index in [4.69, 9.17) is 5.11 Å². The minimum Gasteiger partial charge on any atom is -0.477 e. The summed E-state index contributed by atoms with van der Waals surface area (Å²) in [4.78, 5) is 28.0. The summed E-state index contributed by atoms with van der Waals surface area (Å²) in [5.41, 5.74) is 0.0586. The first-order valence-corrected chi connectivity index (χ1v) is 5.52. The lowest BCUT2D eigenvalue weighted by atomic mass is 10.2. The van der Waals surface area contributed by atoms with Crippen molar-refractivity contribution >= 4 is 11.9 Å². The van der Waals surface area contributed by atoms with Gasteiger partial charge in [-0.1, -0.05) is 19.4 Å². The van der Waals surface area contributed by atoms with Gasteiger partial charge in [-0.2, -0.15) is 0 Å². The molecule has 0 saturated heterocycles. The number of nitrogens with zero attached hydrogens (tertiary/aromatic N) is 2. The minimum absolute atomic E-state index is 0.111. The van der Waals surface area contributed by atoms with Gasteiger partial charge >= 0.3 is 5.97 Å². The molecular formula is C12H16N2O3. The van der Waals surface area contributed by atoms with Crippen LogP contribution in [0.4, 0.5) is 0 Å². The van der Waals surface area contributed by atoms with Crippen LogP contribution in [0.1, 0.15) is 40.7 Å². The second-order valence-electron chi connectivity index (χ2n) is 3.79. The maximum absolute atomic E-state index is 11.9. The largest absolute Gasteiger partial charge is 0.477 e. The molecule has 1 amide bonds. The molecule has 0 unspecified atom stereocenters. The predicted octanol–water partition coefficient (Wildman–Crippen LogP) is 1.65. The van der Waals surface area contributed by atoms with Crippen LogP contribution < -0.4 is 0 Å². The zero-order chi connectivity index (χ0) is 12.8. The highest BCUT2D eigenvalue weighted by Gasteiger charge is 2.14. The van der Waals surface area contributed by atoms with Gasteiger partial charge in [0.1, 0.15) is 11.4 Å². The SMILES string of the molecule is CCCCN(C)C(=O)c1cccc(C(=O)O)n1. The van der Waals surface area contributed by atoms with E-state index in [1.807, 2.05) is 6.92 Å². The van der Waals surface area contributed by atoms with Crippen LogP contribution in [-0.2, 0) is 0 Å². The number of amides is 1. The third-order valence-corrected chi connectivity index (χ3v) is 2.38. The van der Waals surface area contributed by atoms with E-state index < -0.39 is 5.97 Å². The number of carbonyl (C=O) groups excluding carboxylic acids is 1. The quantitative estimate of drug-likeness (QED) is 0.843. The molecule has 1 aromatic heterocycles. The maximum Gasteiger partial charge on any atom is 0.354 e. The van der Waals surface area contributed by atoms with Gasteiger partial charge in [-0.25, -0.2) is 9.78 Å². The molecule has 0 atom stereocenters. The van der Waals surface area contributed by atoms with E-state index in [1.54, 1.807) is 11.9 Å². The summed E-state index contributed by atoms with van der Waals surface area (Å²) in [5, 5.41) is 8.78. The van der Waals surface area contributed by atoms with Crippen molar-refractivity contribution in [2.45, 2.75) is 19.8 Å². The molecule has 1 aromatic rings. The van der Waals surface area contributed by atoms with E-state index in [0.717, 1.165) is 12.8 Å². The van der Waals surface area contributed by atoms with E-state index in [2.05, 4.69) is 4.98 Å². The molecule has 17 heavy (non-hydrogen) atoms. The molecule has 92 valence electrons. The smallest absolute Gasteiger partial charge is 0.354 e. The van der Waals surface area contributed by atoms with Gasteiger partial charge in [0, 0.05) is 13.6 Å². The lowest BCUT2D eigenvalue weighted by molar-refractivity contribution is 0.0690. The Labute approximate surface area is 100 Å². The number of aromatic nitrogens is 1. The zero-order valence-electron chi connectivity index (χ0n) is 10.0. The average Bonchev–Trinajstić information content (AvgIpc) is 2.35. The zero-order valence-corrected chi connectivity index (χ0v) is 10.0. The molecule has 0 aliphatic rings. The van der Waals surface area contributed by atoms with E-state index in [9.17, 15) is 9.59 Å². The molecule has 5 nitrogen and oxygen atoms in total. The number of rotatable bonds is 5. The normalized spacial score (nSPS) is 10.0. The van der Waals surface area contributed by atoms with E-state index in [-0.39, 0.29) is 17.3 Å². The van der Waals surface area contributed by atoms with Gasteiger partial charge in [-0.15, -0.1) is 0 Å². The summed E-state index contributed by atoms with van der Waals surface area (Å²) < 4.78 is 0. The van der Waals surface area contributed by atoms with Crippen LogP contribution in [0.25, 0.3) is 0 Å². The number of pyridine rings is 1. The second-order valence-corrected chi connectivity index (χ2v) is 3.79. The Morgan fingerprint density at radius 1 is 1.35 bits per heavy atom. The summed E-state index contributed by atoms with van der Waals surface area (Å²) in [6, 6.07) is 4.42. The molecule has 1 rings (SSSR count). The van der Waals surface area contributed by atoms with E-state index in [0.29, 0.717) is 6.54 Å². The molecule has 0 aliphatic carbocycles. The van der Waals surface area contributed by atoms with Crippen molar-refractivity contribution in [1.82, 2.24) is 9.88 Å². The van der Waals surface area contributed by atoms with Gasteiger partial charge in [-0.05, 0) is 18.6 Å². The first-order chi connectivity index (χ1) is 8.06. The fourth-order valence-electron chi connectivity index (χ4n) is 1.37. The summed E-state index contributed by atoms with van der Waals surface area (Å²) in [6.45, 7) is 2.69. The van der Waals surface area contributed by atoms with Gasteiger partial charge in [0.05, 0.1) is 0 Å². The molecule has 5 heteroatoms. The highest BCUT2D eigenvalue weighted by atomic mass is 16.4. The molecule has 0 bridgehead atoms. The van der Waals surface area contributed by atoms with Crippen molar-refractivity contribution in [1.29, 1.82) is 0 Å². The summed E-state index contributed by atoms with van der Waals surface area (Å²) >= 11 is 0. The molecular weight excluding hydrogens is 220 g/mol. The number of carboxylic acid groups (broad SMARTS) is 1. The fourth-order valence-corrected chi connectivity index (χ4v) is 1.37. The highest BCUT2D eigenvalue weighted by molar-refractivity contribution is 5.94. The Hall–Kier alpha value is -1.91. The minimum atomic E-state index is -1.13. The molecule has 0 saturated carbocycles. The fraction of sp³-hybridized carbons (Fsp3) is 0.417. The molecule has 0 aromatic carbocycles.